The summed E-state index contributed by atoms with van der Waals surface area (Å²) in [7, 11) is 0. The van der Waals surface area contributed by atoms with Crippen LogP contribution in [0.1, 0.15) is 24.0 Å². The third kappa shape index (κ3) is 3.92. The lowest BCUT2D eigenvalue weighted by Gasteiger charge is -2.49. The number of rotatable bonds is 5. The van der Waals surface area contributed by atoms with Crippen LogP contribution in [-0.4, -0.2) is 60.7 Å². The average molecular weight is 421 g/mol. The Hall–Kier alpha value is -2.86. The molecule has 1 unspecified atom stereocenters. The van der Waals surface area contributed by atoms with E-state index >= 15 is 0 Å². The van der Waals surface area contributed by atoms with Gasteiger partial charge in [0.1, 0.15) is 18.1 Å². The zero-order chi connectivity index (χ0) is 21.3. The lowest BCUT2D eigenvalue weighted by molar-refractivity contribution is -0.172. The van der Waals surface area contributed by atoms with Gasteiger partial charge in [-0.15, -0.1) is 0 Å². The van der Waals surface area contributed by atoms with E-state index in [0.717, 1.165) is 43.6 Å². The Bertz CT molecular complexity index is 919. The molecule has 2 aromatic rings. The van der Waals surface area contributed by atoms with Crippen LogP contribution in [0.15, 0.2) is 60.7 Å². The predicted molar refractivity (Wildman–Crippen MR) is 115 cm³/mol. The van der Waals surface area contributed by atoms with Crippen LogP contribution in [0.4, 0.5) is 4.79 Å². The largest absolute Gasteiger partial charge is 0.460 e. The number of hydrogen-bond donors (Lipinski definition) is 0. The van der Waals surface area contributed by atoms with Crippen molar-refractivity contribution in [2.45, 2.75) is 31.0 Å². The molecule has 162 valence electrons. The summed E-state index contributed by atoms with van der Waals surface area (Å²) < 4.78 is 11.5. The van der Waals surface area contributed by atoms with Crippen molar-refractivity contribution in [1.82, 2.24) is 9.80 Å². The van der Waals surface area contributed by atoms with Crippen molar-refractivity contribution in [3.63, 3.8) is 0 Å². The highest BCUT2D eigenvalue weighted by Crippen LogP contribution is 2.38. The Kier molecular flexibility index (Phi) is 5.40. The fourth-order valence-corrected chi connectivity index (χ4v) is 5.03. The molecule has 0 saturated carbocycles. The molecule has 2 bridgehead atoms. The molecule has 4 saturated heterocycles. The minimum atomic E-state index is -0.820. The molecule has 4 aliphatic heterocycles. The smallest absolute Gasteiger partial charge is 0.410 e. The van der Waals surface area contributed by atoms with E-state index < -0.39 is 11.5 Å². The number of carbonyl (C=O) groups is 2. The molecule has 4 heterocycles. The molecule has 0 spiro atoms. The zero-order valence-electron chi connectivity index (χ0n) is 17.6. The van der Waals surface area contributed by atoms with Gasteiger partial charge in [0.2, 0.25) is 0 Å². The molecule has 2 aromatic carbocycles. The van der Waals surface area contributed by atoms with Crippen molar-refractivity contribution in [3.8, 4) is 0 Å². The molecular formula is C25H28N2O4. The summed E-state index contributed by atoms with van der Waals surface area (Å²) in [4.78, 5) is 30.0. The minimum Gasteiger partial charge on any atom is -0.460 e. The molecule has 0 aromatic heterocycles. The van der Waals surface area contributed by atoms with E-state index in [-0.39, 0.29) is 31.8 Å². The highest BCUT2D eigenvalue weighted by molar-refractivity contribution is 5.88. The fraction of sp³-hybridized carbons (Fsp3) is 0.440. The second kappa shape index (κ2) is 8.35. The van der Waals surface area contributed by atoms with Gasteiger partial charge in [0.15, 0.2) is 0 Å². The van der Waals surface area contributed by atoms with E-state index in [4.69, 9.17) is 9.47 Å². The second-order valence-corrected chi connectivity index (χ2v) is 8.93. The fourth-order valence-electron chi connectivity index (χ4n) is 5.03. The first-order valence-corrected chi connectivity index (χ1v) is 11.1. The van der Waals surface area contributed by atoms with Crippen LogP contribution in [0.25, 0.3) is 0 Å². The van der Waals surface area contributed by atoms with Gasteiger partial charge in [-0.2, -0.15) is 0 Å². The highest BCUT2D eigenvalue weighted by Gasteiger charge is 2.55. The molecule has 6 rings (SSSR count). The Morgan fingerprint density at radius 2 is 1.58 bits per heavy atom. The molecule has 1 amide bonds. The van der Waals surface area contributed by atoms with E-state index in [0.29, 0.717) is 5.92 Å². The number of amides is 1. The number of nitrogens with zero attached hydrogens (tertiary/aromatic N) is 2. The topological polar surface area (TPSA) is 59.1 Å². The Morgan fingerprint density at radius 3 is 2.19 bits per heavy atom. The van der Waals surface area contributed by atoms with E-state index in [1.54, 1.807) is 4.90 Å². The first kappa shape index (κ1) is 20.1. The van der Waals surface area contributed by atoms with Crippen molar-refractivity contribution in [2.75, 3.05) is 32.7 Å². The number of esters is 1. The summed E-state index contributed by atoms with van der Waals surface area (Å²) in [6.07, 6.45) is 1.74. The van der Waals surface area contributed by atoms with Crippen LogP contribution in [0.2, 0.25) is 0 Å². The molecule has 4 fully saturated rings. The summed E-state index contributed by atoms with van der Waals surface area (Å²) in [6.45, 7) is 3.81. The van der Waals surface area contributed by atoms with Gasteiger partial charge < -0.3 is 14.4 Å². The van der Waals surface area contributed by atoms with E-state index in [1.165, 1.54) is 0 Å². The number of piperidine rings is 3. The van der Waals surface area contributed by atoms with Crippen molar-refractivity contribution >= 4 is 12.1 Å². The van der Waals surface area contributed by atoms with Crippen LogP contribution in [0.3, 0.4) is 0 Å². The van der Waals surface area contributed by atoms with Crippen LogP contribution < -0.4 is 0 Å². The minimum absolute atomic E-state index is 0.0466. The molecule has 0 aliphatic carbocycles. The first-order chi connectivity index (χ1) is 15.1. The maximum Gasteiger partial charge on any atom is 0.410 e. The predicted octanol–water partition coefficient (Wildman–Crippen LogP) is 3.21. The third-order valence-electron chi connectivity index (χ3n) is 6.96. The average Bonchev–Trinajstić information content (AvgIpc) is 2.79. The van der Waals surface area contributed by atoms with Crippen LogP contribution in [0.5, 0.6) is 0 Å². The van der Waals surface area contributed by atoms with E-state index in [9.17, 15) is 9.59 Å². The Labute approximate surface area is 182 Å². The molecular weight excluding hydrogens is 392 g/mol. The van der Waals surface area contributed by atoms with Gasteiger partial charge in [0.25, 0.3) is 0 Å². The van der Waals surface area contributed by atoms with Crippen molar-refractivity contribution in [3.05, 3.63) is 71.8 Å². The number of hydrogen-bond acceptors (Lipinski definition) is 5. The lowest BCUT2D eigenvalue weighted by Crippen LogP contribution is -2.66. The molecule has 6 heteroatoms. The molecule has 0 radical (unpaired) electrons. The summed E-state index contributed by atoms with van der Waals surface area (Å²) in [5.74, 6) is 0.235. The van der Waals surface area contributed by atoms with Gasteiger partial charge in [-0.3, -0.25) is 9.69 Å². The van der Waals surface area contributed by atoms with Gasteiger partial charge in [0.05, 0.1) is 0 Å². The monoisotopic (exact) mass is 420 g/mol. The normalized spacial score (nSPS) is 26.1. The number of fused-ring (bicyclic) bond motifs is 3. The quantitative estimate of drug-likeness (QED) is 0.696. The summed E-state index contributed by atoms with van der Waals surface area (Å²) >= 11 is 0. The van der Waals surface area contributed by atoms with Crippen LogP contribution in [-0.2, 0) is 26.3 Å². The van der Waals surface area contributed by atoms with Crippen molar-refractivity contribution in [2.24, 2.45) is 5.92 Å². The summed E-state index contributed by atoms with van der Waals surface area (Å²) in [5.41, 5.74) is 1.01. The van der Waals surface area contributed by atoms with Gasteiger partial charge in [0, 0.05) is 19.6 Å². The number of likely N-dealkylation sites (tertiary alicyclic amines) is 1. The number of ether oxygens (including phenoxy) is 2. The SMILES string of the molecule is O=C(OCc1ccccc1)N1CC(C(=O)OC2CN3CCC2CC3)(c2ccccc2)C1. The number of benzene rings is 2. The first-order valence-electron chi connectivity index (χ1n) is 11.1. The maximum atomic E-state index is 13.4. The molecule has 31 heavy (non-hydrogen) atoms. The van der Waals surface area contributed by atoms with E-state index in [2.05, 4.69) is 4.90 Å². The van der Waals surface area contributed by atoms with Gasteiger partial charge in [-0.1, -0.05) is 60.7 Å². The van der Waals surface area contributed by atoms with E-state index in [1.807, 2.05) is 60.7 Å². The van der Waals surface area contributed by atoms with Gasteiger partial charge in [-0.05, 0) is 43.0 Å². The lowest BCUT2D eigenvalue weighted by atomic mass is 9.73. The Balaban J connectivity index is 1.26. The van der Waals surface area contributed by atoms with Crippen molar-refractivity contribution < 1.29 is 19.1 Å². The van der Waals surface area contributed by atoms with Gasteiger partial charge >= 0.3 is 12.1 Å². The molecule has 4 aliphatic rings. The molecule has 1 atom stereocenters. The van der Waals surface area contributed by atoms with Crippen LogP contribution in [0, 0.1) is 5.92 Å². The molecule has 0 N–H and O–H groups in total. The maximum absolute atomic E-state index is 13.4. The number of carbonyl (C=O) groups excluding carboxylic acids is 2. The highest BCUT2D eigenvalue weighted by atomic mass is 16.6. The summed E-state index contributed by atoms with van der Waals surface area (Å²) in [6, 6.07) is 19.3. The van der Waals surface area contributed by atoms with Crippen LogP contribution >= 0.6 is 0 Å². The van der Waals surface area contributed by atoms with Crippen molar-refractivity contribution in [1.29, 1.82) is 0 Å². The zero-order valence-corrected chi connectivity index (χ0v) is 17.6. The summed E-state index contributed by atoms with van der Waals surface area (Å²) in [5, 5.41) is 0. The molecule has 6 nitrogen and oxygen atoms in total. The third-order valence-corrected chi connectivity index (χ3v) is 6.96. The second-order valence-electron chi connectivity index (χ2n) is 8.93. The van der Waals surface area contributed by atoms with Gasteiger partial charge in [-0.25, -0.2) is 4.79 Å². The Morgan fingerprint density at radius 1 is 0.935 bits per heavy atom. The standard InChI is InChI=1S/C25H28N2O4/c28-23(31-22-15-26-13-11-20(22)12-14-26)25(21-9-5-2-6-10-21)17-27(18-25)24(29)30-16-19-7-3-1-4-8-19/h1-10,20,22H,11-18H2.